The average molecular weight is 451 g/mol. The van der Waals surface area contributed by atoms with Crippen LogP contribution in [0.5, 0.6) is 5.75 Å². The zero-order valence-corrected chi connectivity index (χ0v) is 18.9. The summed E-state index contributed by atoms with van der Waals surface area (Å²) in [6, 6.07) is 2.57. The van der Waals surface area contributed by atoms with Crippen LogP contribution in [0.1, 0.15) is 52.1 Å². The maximum Gasteiger partial charge on any atom is 0.251 e. The number of rotatable bonds is 5. The molecule has 2 rings (SSSR count). The summed E-state index contributed by atoms with van der Waals surface area (Å²) in [6.07, 6.45) is 0.242. The first-order valence-electron chi connectivity index (χ1n) is 9.24. The normalized spacial score (nSPS) is 19.4. The molecule has 9 heteroatoms. The minimum Gasteiger partial charge on any atom is -0.598 e. The molecule has 0 radical (unpaired) electrons. The number of hydrogen-bond donors (Lipinski definition) is 3. The number of carbonyl (C=O) groups excluding carboxylic acids is 1. The van der Waals surface area contributed by atoms with Gasteiger partial charge < -0.3 is 19.7 Å². The zero-order valence-electron chi connectivity index (χ0n) is 16.5. The Bertz CT molecular complexity index is 704. The van der Waals surface area contributed by atoms with Crippen LogP contribution in [0.25, 0.3) is 0 Å². The number of nitrogens with zero attached hydrogens (tertiary/aromatic N) is 1. The summed E-state index contributed by atoms with van der Waals surface area (Å²) in [5, 5.41) is 20.5. The highest BCUT2D eigenvalue weighted by atomic mass is 35.5. The molecule has 0 spiro atoms. The Labute approximate surface area is 179 Å². The summed E-state index contributed by atoms with van der Waals surface area (Å²) >= 11 is 10.8. The molecule has 1 aromatic carbocycles. The molecule has 1 aliphatic heterocycles. The van der Waals surface area contributed by atoms with Gasteiger partial charge in [0.25, 0.3) is 5.91 Å². The third-order valence-corrected chi connectivity index (χ3v) is 7.18. The van der Waals surface area contributed by atoms with Crippen molar-refractivity contribution < 1.29 is 19.6 Å². The van der Waals surface area contributed by atoms with Crippen molar-refractivity contribution in [1.29, 1.82) is 0 Å². The lowest BCUT2D eigenvalue weighted by Gasteiger charge is -2.38. The van der Waals surface area contributed by atoms with E-state index in [1.54, 1.807) is 11.0 Å². The third-order valence-electron chi connectivity index (χ3n) is 4.87. The first-order valence-corrected chi connectivity index (χ1v) is 11.1. The van der Waals surface area contributed by atoms with Crippen LogP contribution in [0.3, 0.4) is 0 Å². The predicted molar refractivity (Wildman–Crippen MR) is 113 cm³/mol. The lowest BCUT2D eigenvalue weighted by atomic mass is 9.85. The average Bonchev–Trinajstić information content (AvgIpc) is 2.61. The Morgan fingerprint density at radius 1 is 1.29 bits per heavy atom. The van der Waals surface area contributed by atoms with Gasteiger partial charge in [0, 0.05) is 36.1 Å². The lowest BCUT2D eigenvalue weighted by Crippen LogP contribution is -2.47. The van der Waals surface area contributed by atoms with Crippen LogP contribution in [0.4, 0.5) is 0 Å². The minimum atomic E-state index is -1.37. The van der Waals surface area contributed by atoms with Crippen molar-refractivity contribution in [2.75, 3.05) is 13.1 Å². The summed E-state index contributed by atoms with van der Waals surface area (Å²) in [5.74, 6) is -0.286. The standard InChI is InChI=1S/C19H28Cl2N2O4S/c1-11(24)18(26)23-7-5-12(6-8-23)17(22-28(27)19(2,3)4)13-9-14(20)15(21)10-16(13)25/h9-12,17,22,24-25H,5-8H2,1-4H3/t11?,17?,28-/m0/s1. The van der Waals surface area contributed by atoms with Crippen LogP contribution < -0.4 is 4.72 Å². The Morgan fingerprint density at radius 3 is 2.32 bits per heavy atom. The van der Waals surface area contributed by atoms with E-state index in [1.807, 2.05) is 20.8 Å². The molecule has 1 heterocycles. The first kappa shape index (κ1) is 23.6. The molecule has 6 nitrogen and oxygen atoms in total. The molecule has 1 aromatic rings. The van der Waals surface area contributed by atoms with E-state index in [-0.39, 0.29) is 22.6 Å². The van der Waals surface area contributed by atoms with Gasteiger partial charge in [0.1, 0.15) is 16.6 Å². The topological polar surface area (TPSA) is 95.9 Å². The van der Waals surface area contributed by atoms with Crippen LogP contribution in [0, 0.1) is 5.92 Å². The fourth-order valence-electron chi connectivity index (χ4n) is 3.22. The molecule has 3 atom stereocenters. The van der Waals surface area contributed by atoms with Crippen molar-refractivity contribution >= 4 is 40.5 Å². The molecule has 0 aliphatic carbocycles. The highest BCUT2D eigenvalue weighted by Gasteiger charge is 2.37. The van der Waals surface area contributed by atoms with E-state index >= 15 is 0 Å². The van der Waals surface area contributed by atoms with Crippen molar-refractivity contribution in [3.05, 3.63) is 27.7 Å². The number of aliphatic hydroxyl groups is 1. The molecule has 0 bridgehead atoms. The first-order chi connectivity index (χ1) is 12.9. The largest absolute Gasteiger partial charge is 0.598 e. The maximum atomic E-state index is 12.8. The van der Waals surface area contributed by atoms with E-state index in [2.05, 4.69) is 4.72 Å². The van der Waals surface area contributed by atoms with E-state index < -0.39 is 28.3 Å². The molecule has 0 saturated carbocycles. The van der Waals surface area contributed by atoms with Crippen LogP contribution in [-0.4, -0.2) is 49.5 Å². The van der Waals surface area contributed by atoms with Crippen LogP contribution in [0.15, 0.2) is 12.1 Å². The van der Waals surface area contributed by atoms with E-state index in [1.165, 1.54) is 13.0 Å². The highest BCUT2D eigenvalue weighted by Crippen LogP contribution is 2.40. The van der Waals surface area contributed by atoms with Crippen molar-refractivity contribution in [3.8, 4) is 5.75 Å². The number of phenolic OH excluding ortho intramolecular Hbond substituents is 1. The van der Waals surface area contributed by atoms with Gasteiger partial charge in [-0.1, -0.05) is 23.2 Å². The molecule has 2 unspecified atom stereocenters. The summed E-state index contributed by atoms with van der Waals surface area (Å²) < 4.78 is 15.4. The van der Waals surface area contributed by atoms with Gasteiger partial charge in [-0.2, -0.15) is 0 Å². The van der Waals surface area contributed by atoms with Gasteiger partial charge in [0.05, 0.1) is 16.1 Å². The monoisotopic (exact) mass is 450 g/mol. The van der Waals surface area contributed by atoms with Gasteiger partial charge in [0.15, 0.2) is 0 Å². The second-order valence-electron chi connectivity index (χ2n) is 8.14. The summed E-state index contributed by atoms with van der Waals surface area (Å²) in [6.45, 7) is 8.02. The molecule has 1 fully saturated rings. The van der Waals surface area contributed by atoms with Gasteiger partial charge in [-0.05, 0) is 52.5 Å². The number of nitrogens with one attached hydrogen (secondary N) is 1. The van der Waals surface area contributed by atoms with Crippen molar-refractivity contribution in [2.45, 2.75) is 57.4 Å². The van der Waals surface area contributed by atoms with Crippen molar-refractivity contribution in [2.24, 2.45) is 5.92 Å². The summed E-state index contributed by atoms with van der Waals surface area (Å²) in [4.78, 5) is 13.7. The smallest absolute Gasteiger partial charge is 0.251 e. The number of halogens is 2. The Balaban J connectivity index is 2.28. The van der Waals surface area contributed by atoms with E-state index in [0.29, 0.717) is 36.5 Å². The van der Waals surface area contributed by atoms with Crippen molar-refractivity contribution in [3.63, 3.8) is 0 Å². The number of hydrogen-bond acceptors (Lipinski definition) is 5. The number of carbonyl (C=O) groups is 1. The molecule has 1 aliphatic rings. The Kier molecular flexibility index (Phi) is 7.92. The molecular weight excluding hydrogens is 423 g/mol. The minimum absolute atomic E-state index is 0.0136. The predicted octanol–water partition coefficient (Wildman–Crippen LogP) is 3.41. The van der Waals surface area contributed by atoms with Crippen LogP contribution >= 0.6 is 23.2 Å². The molecule has 1 saturated heterocycles. The number of benzene rings is 1. The van der Waals surface area contributed by atoms with Gasteiger partial charge in [0.2, 0.25) is 0 Å². The van der Waals surface area contributed by atoms with Crippen LogP contribution in [0.2, 0.25) is 10.0 Å². The molecule has 0 aromatic heterocycles. The number of amides is 1. The van der Waals surface area contributed by atoms with Crippen molar-refractivity contribution in [1.82, 2.24) is 9.62 Å². The molecule has 1 amide bonds. The van der Waals surface area contributed by atoms with Gasteiger partial charge in [-0.25, -0.2) is 0 Å². The number of likely N-dealkylation sites (tertiary alicyclic amines) is 1. The quantitative estimate of drug-likeness (QED) is 0.597. The lowest BCUT2D eigenvalue weighted by molar-refractivity contribution is -0.140. The fourth-order valence-corrected chi connectivity index (χ4v) is 4.46. The molecular formula is C19H28Cl2N2O4S. The number of aliphatic hydroxyl groups excluding tert-OH is 1. The molecule has 3 N–H and O–H groups in total. The fraction of sp³-hybridized carbons (Fsp3) is 0.632. The molecule has 28 heavy (non-hydrogen) atoms. The number of phenols is 1. The third kappa shape index (κ3) is 5.68. The SMILES string of the molecule is CC(O)C(=O)N1CCC(C(N[S@@+]([O-])C(C)(C)C)c2cc(Cl)c(Cl)cc2O)CC1. The molecule has 158 valence electrons. The number of piperidine rings is 1. The Morgan fingerprint density at radius 2 is 1.82 bits per heavy atom. The maximum absolute atomic E-state index is 12.8. The van der Waals surface area contributed by atoms with E-state index in [4.69, 9.17) is 23.2 Å². The number of aromatic hydroxyl groups is 1. The van der Waals surface area contributed by atoms with Gasteiger partial charge in [-0.3, -0.25) is 4.79 Å². The summed E-state index contributed by atoms with van der Waals surface area (Å²) in [7, 11) is 0. The second kappa shape index (κ2) is 9.41. The zero-order chi connectivity index (χ0) is 21.2. The highest BCUT2D eigenvalue weighted by molar-refractivity contribution is 7.90. The van der Waals surface area contributed by atoms with Gasteiger partial charge in [-0.15, -0.1) is 4.72 Å². The van der Waals surface area contributed by atoms with E-state index in [9.17, 15) is 19.6 Å². The second-order valence-corrected chi connectivity index (χ2v) is 11.0. The summed E-state index contributed by atoms with van der Waals surface area (Å²) in [5.41, 5.74) is 0.535. The van der Waals surface area contributed by atoms with E-state index in [0.717, 1.165) is 0 Å². The Hall–Kier alpha value is -0.700. The van der Waals surface area contributed by atoms with Gasteiger partial charge >= 0.3 is 0 Å². The van der Waals surface area contributed by atoms with Crippen LogP contribution in [-0.2, 0) is 16.2 Å².